The minimum Gasteiger partial charge on any atom is -0.473 e. The number of nitrogens with zero attached hydrogens (tertiary/aromatic N) is 4. The lowest BCUT2D eigenvalue weighted by molar-refractivity contribution is -0.135. The molecule has 1 aliphatic carbocycles. The van der Waals surface area contributed by atoms with E-state index in [1.54, 1.807) is 12.4 Å². The normalized spacial score (nSPS) is 15.2. The molecule has 3 aromatic heterocycles. The van der Waals surface area contributed by atoms with Crippen LogP contribution in [-0.4, -0.2) is 37.2 Å². The molecule has 1 aromatic carbocycles. The smallest absolute Gasteiger partial charge is 0.255 e. The summed E-state index contributed by atoms with van der Waals surface area (Å²) in [6.45, 7) is 0.400. The van der Waals surface area contributed by atoms with Crippen LogP contribution < -0.4 is 10.1 Å². The fraction of sp³-hybridized carbons (Fsp3) is 0.217. The number of alkyl halides is 2. The van der Waals surface area contributed by atoms with Gasteiger partial charge in [0.05, 0.1) is 36.5 Å². The number of pyridine rings is 1. The van der Waals surface area contributed by atoms with Crippen LogP contribution in [0.5, 0.6) is 5.88 Å². The highest BCUT2D eigenvalue weighted by atomic mass is 19.3. The van der Waals surface area contributed by atoms with Gasteiger partial charge in [0.2, 0.25) is 5.88 Å². The Morgan fingerprint density at radius 3 is 2.59 bits per heavy atom. The molecule has 0 saturated heterocycles. The first kappa shape index (κ1) is 20.0. The zero-order valence-electron chi connectivity index (χ0n) is 17.0. The summed E-state index contributed by atoms with van der Waals surface area (Å²) in [6.07, 6.45) is 5.42. The Morgan fingerprint density at radius 2 is 1.84 bits per heavy atom. The minimum absolute atomic E-state index is 0.221. The van der Waals surface area contributed by atoms with Crippen molar-refractivity contribution in [2.24, 2.45) is 0 Å². The van der Waals surface area contributed by atoms with Crippen molar-refractivity contribution < 1.29 is 13.5 Å². The maximum Gasteiger partial charge on any atom is 0.255 e. The van der Waals surface area contributed by atoms with E-state index < -0.39 is 12.0 Å². The topological polar surface area (TPSA) is 88.6 Å². The Labute approximate surface area is 182 Å². The molecule has 162 valence electrons. The molecular formula is C23H20F2N6O. The highest BCUT2D eigenvalue weighted by Crippen LogP contribution is 2.39. The molecule has 7 nitrogen and oxygen atoms in total. The van der Waals surface area contributed by atoms with E-state index in [9.17, 15) is 8.78 Å². The van der Waals surface area contributed by atoms with Crippen molar-refractivity contribution >= 4 is 5.82 Å². The number of aromatic nitrogens is 5. The third-order valence-electron chi connectivity index (χ3n) is 5.26. The summed E-state index contributed by atoms with van der Waals surface area (Å²) in [5, 5.41) is 10.3. The first-order valence-electron chi connectivity index (χ1n) is 10.2. The Bertz CT molecular complexity index is 1190. The number of hydrogen-bond acceptors (Lipinski definition) is 6. The van der Waals surface area contributed by atoms with E-state index in [1.165, 1.54) is 6.20 Å². The summed E-state index contributed by atoms with van der Waals surface area (Å²) in [5.41, 5.74) is 4.64. The van der Waals surface area contributed by atoms with Gasteiger partial charge in [-0.3, -0.25) is 15.1 Å². The molecule has 0 amide bonds. The highest BCUT2D eigenvalue weighted by Gasteiger charge is 2.47. The van der Waals surface area contributed by atoms with Gasteiger partial charge in [-0.05, 0) is 11.6 Å². The monoisotopic (exact) mass is 434 g/mol. The molecule has 3 heterocycles. The zero-order valence-corrected chi connectivity index (χ0v) is 17.0. The van der Waals surface area contributed by atoms with Crippen molar-refractivity contribution in [3.8, 4) is 28.3 Å². The van der Waals surface area contributed by atoms with Crippen LogP contribution in [0, 0.1) is 0 Å². The third kappa shape index (κ3) is 4.41. The summed E-state index contributed by atoms with van der Waals surface area (Å²) >= 11 is 0. The Morgan fingerprint density at radius 1 is 1.00 bits per heavy atom. The molecule has 1 saturated carbocycles. The van der Waals surface area contributed by atoms with Gasteiger partial charge in [0.1, 0.15) is 11.9 Å². The highest BCUT2D eigenvalue weighted by molar-refractivity contribution is 5.67. The number of anilines is 1. The van der Waals surface area contributed by atoms with Crippen LogP contribution in [0.25, 0.3) is 22.4 Å². The molecule has 4 aromatic rings. The lowest BCUT2D eigenvalue weighted by Gasteiger charge is -2.34. The van der Waals surface area contributed by atoms with Crippen molar-refractivity contribution in [2.45, 2.75) is 31.4 Å². The molecule has 0 aliphatic heterocycles. The van der Waals surface area contributed by atoms with E-state index in [0.29, 0.717) is 12.4 Å². The van der Waals surface area contributed by atoms with Gasteiger partial charge >= 0.3 is 0 Å². The molecule has 1 aliphatic rings. The Balaban J connectivity index is 1.24. The van der Waals surface area contributed by atoms with Crippen LogP contribution in [0.15, 0.2) is 67.3 Å². The SMILES string of the molecule is FC1(F)CC(Oc2cncc(NCc3[nH]ncc3-c3ccc(-c4ccccc4)cn3)n2)C1. The van der Waals surface area contributed by atoms with Crippen molar-refractivity contribution in [2.75, 3.05) is 5.32 Å². The second-order valence-corrected chi connectivity index (χ2v) is 7.66. The Hall–Kier alpha value is -3.88. The van der Waals surface area contributed by atoms with Gasteiger partial charge in [-0.15, -0.1) is 0 Å². The second kappa shape index (κ2) is 8.33. The lowest BCUT2D eigenvalue weighted by Crippen LogP contribution is -2.43. The molecule has 0 bridgehead atoms. The average Bonchev–Trinajstić information content (AvgIpc) is 3.26. The number of hydrogen-bond donors (Lipinski definition) is 2. The van der Waals surface area contributed by atoms with E-state index in [1.807, 2.05) is 48.7 Å². The second-order valence-electron chi connectivity index (χ2n) is 7.66. The van der Waals surface area contributed by atoms with E-state index in [0.717, 1.165) is 28.1 Å². The quantitative estimate of drug-likeness (QED) is 0.438. The van der Waals surface area contributed by atoms with Crippen molar-refractivity contribution in [3.63, 3.8) is 0 Å². The third-order valence-corrected chi connectivity index (χ3v) is 5.26. The summed E-state index contributed by atoms with van der Waals surface area (Å²) in [6, 6.07) is 14.0. The van der Waals surface area contributed by atoms with Crippen molar-refractivity contribution in [1.82, 2.24) is 25.1 Å². The zero-order chi connectivity index (χ0) is 22.0. The first-order valence-corrected chi connectivity index (χ1v) is 10.2. The number of H-pyrrole nitrogens is 1. The number of rotatable bonds is 7. The number of benzene rings is 1. The largest absolute Gasteiger partial charge is 0.473 e. The van der Waals surface area contributed by atoms with E-state index >= 15 is 0 Å². The summed E-state index contributed by atoms with van der Waals surface area (Å²) in [7, 11) is 0. The molecule has 2 N–H and O–H groups in total. The van der Waals surface area contributed by atoms with Crippen LogP contribution in [0.2, 0.25) is 0 Å². The van der Waals surface area contributed by atoms with Gasteiger partial charge in [-0.25, -0.2) is 8.78 Å². The van der Waals surface area contributed by atoms with E-state index in [-0.39, 0.29) is 18.7 Å². The lowest BCUT2D eigenvalue weighted by atomic mass is 9.91. The molecule has 32 heavy (non-hydrogen) atoms. The van der Waals surface area contributed by atoms with Gasteiger partial charge in [-0.1, -0.05) is 36.4 Å². The first-order chi connectivity index (χ1) is 15.6. The predicted molar refractivity (Wildman–Crippen MR) is 115 cm³/mol. The van der Waals surface area contributed by atoms with Gasteiger partial charge in [0.15, 0.2) is 0 Å². The summed E-state index contributed by atoms with van der Waals surface area (Å²) in [5.74, 6) is -1.95. The molecule has 1 fully saturated rings. The van der Waals surface area contributed by atoms with E-state index in [2.05, 4.69) is 30.5 Å². The average molecular weight is 434 g/mol. The van der Waals surface area contributed by atoms with Crippen LogP contribution in [0.1, 0.15) is 18.5 Å². The van der Waals surface area contributed by atoms with Gasteiger partial charge < -0.3 is 10.1 Å². The summed E-state index contributed by atoms with van der Waals surface area (Å²) in [4.78, 5) is 13.0. The number of ether oxygens (including phenoxy) is 1. The summed E-state index contributed by atoms with van der Waals surface area (Å²) < 4.78 is 31.5. The number of nitrogens with one attached hydrogen (secondary N) is 2. The Kier molecular flexibility index (Phi) is 5.22. The standard InChI is InChI=1S/C23H20F2N6O/c24-23(25)8-17(9-23)32-22-14-26-13-21(30-22)28-12-20-18(11-29-31-20)19-7-6-16(10-27-19)15-4-2-1-3-5-15/h1-7,10-11,13-14,17H,8-9,12H2,(H,28,30)(H,29,31). The van der Waals surface area contributed by atoms with Gasteiger partial charge in [0.25, 0.3) is 5.92 Å². The van der Waals surface area contributed by atoms with Crippen LogP contribution >= 0.6 is 0 Å². The minimum atomic E-state index is -2.64. The molecule has 0 unspecified atom stereocenters. The number of aromatic amines is 1. The maximum atomic E-state index is 13.0. The van der Waals surface area contributed by atoms with Crippen LogP contribution in [-0.2, 0) is 6.54 Å². The molecule has 0 atom stereocenters. The van der Waals surface area contributed by atoms with Gasteiger partial charge in [0, 0.05) is 30.2 Å². The maximum absolute atomic E-state index is 13.0. The molecular weight excluding hydrogens is 414 g/mol. The molecule has 0 radical (unpaired) electrons. The fourth-order valence-electron chi connectivity index (χ4n) is 3.55. The van der Waals surface area contributed by atoms with Crippen LogP contribution in [0.4, 0.5) is 14.6 Å². The fourth-order valence-corrected chi connectivity index (χ4v) is 3.55. The molecule has 5 rings (SSSR count). The molecule has 9 heteroatoms. The number of halogens is 2. The van der Waals surface area contributed by atoms with E-state index in [4.69, 9.17) is 4.74 Å². The van der Waals surface area contributed by atoms with Crippen molar-refractivity contribution in [1.29, 1.82) is 0 Å². The van der Waals surface area contributed by atoms with Gasteiger partial charge in [-0.2, -0.15) is 10.1 Å². The van der Waals surface area contributed by atoms with Crippen molar-refractivity contribution in [3.05, 3.63) is 72.9 Å². The molecule has 0 spiro atoms. The predicted octanol–water partition coefficient (Wildman–Crippen LogP) is 4.72. The van der Waals surface area contributed by atoms with Crippen LogP contribution in [0.3, 0.4) is 0 Å².